The molecule has 0 amide bonds. The van der Waals surface area contributed by atoms with Gasteiger partial charge in [-0.3, -0.25) is 37.4 Å². The molecule has 23 heteroatoms. The van der Waals surface area contributed by atoms with Crippen LogP contribution in [-0.2, 0) is 6.61 Å². The maximum atomic E-state index is 13.3. The van der Waals surface area contributed by atoms with E-state index < -0.39 is 0 Å². The Balaban J connectivity index is 0.000000133. The Kier molecular flexibility index (Phi) is 24.8. The van der Waals surface area contributed by atoms with Gasteiger partial charge in [-0.25, -0.2) is 39.9 Å². The fourth-order valence-corrected chi connectivity index (χ4v) is 13.2. The van der Waals surface area contributed by atoms with Gasteiger partial charge in [0.05, 0.1) is 72.2 Å². The number of hydrogen-bond donors (Lipinski definition) is 2. The Labute approximate surface area is 699 Å². The third-order valence-electron chi connectivity index (χ3n) is 19.4. The lowest BCUT2D eigenvalue weighted by molar-refractivity contribution is 0.174. The van der Waals surface area contributed by atoms with Gasteiger partial charge in [0.15, 0.2) is 34.1 Å². The Morgan fingerprint density at radius 1 is 0.385 bits per heavy atom. The minimum absolute atomic E-state index is 0.128. The standard InChI is InChI=1S/2C25H19N3O3.C25H19N3O2.C24H15N3O3/c1-4-17-7-10-19(11-8-17)28-23(27-24-22(25(28)29)6-5-13-26-24)12-9-18-14-20(30-2)16-21(15-18)31-3;1-3-17-6-10-20(11-7-17)28-23(27-24-22(25(28)30)5-4-14-26-24)13-9-18-15-21(31-2)12-8-19(18)16-29;1-4-18-7-10-20(11-8-18)28-22(27-24-21(25(28)30)6-5-13-26-24)12-9-19-14-16(2)23(29)17(3)15-19;1-2-16-8-11-18(12-9-16)27-21(26-23-19(24(27)28)6-4-14-25-23)13-10-17-5-3-7-20-22(17)30-15-29-20/h1,5-16H,2-3H3;1,4-15,29H,16H2,2H3;1,5-15,29H,2-3H3;1,3-14H,15H2/b12-9+;13-9+;12-9+;13-10+. The molecule has 594 valence electrons. The topological polar surface area (TPSA) is 278 Å². The number of fused-ring (bicyclic) bond motifs is 5. The monoisotopic (exact) mass is 1600 g/mol. The third-order valence-corrected chi connectivity index (χ3v) is 19.4. The summed E-state index contributed by atoms with van der Waals surface area (Å²) in [5.41, 5.74) is 11.8. The zero-order valence-corrected chi connectivity index (χ0v) is 66.3. The summed E-state index contributed by atoms with van der Waals surface area (Å²) in [7, 11) is 4.77. The molecular weight excluding hydrogens is 1530 g/mol. The van der Waals surface area contributed by atoms with Crippen LogP contribution < -0.4 is 45.9 Å². The summed E-state index contributed by atoms with van der Waals surface area (Å²) in [5.74, 6) is 15.7. The number of pyridine rings is 4. The van der Waals surface area contributed by atoms with E-state index in [1.54, 1.807) is 249 Å². The largest absolute Gasteiger partial charge is 0.507 e. The van der Waals surface area contributed by atoms with Crippen molar-refractivity contribution in [2.75, 3.05) is 28.1 Å². The minimum atomic E-state index is -0.237. The number of rotatable bonds is 16. The number of phenols is 1. The second kappa shape index (κ2) is 37.2. The van der Waals surface area contributed by atoms with Crippen molar-refractivity contribution in [3.63, 3.8) is 0 Å². The van der Waals surface area contributed by atoms with E-state index >= 15 is 0 Å². The number of aliphatic hydroxyl groups is 1. The quantitative estimate of drug-likeness (QED) is 0.0850. The van der Waals surface area contributed by atoms with Crippen molar-refractivity contribution in [1.82, 2.24) is 58.1 Å². The van der Waals surface area contributed by atoms with Crippen molar-refractivity contribution < 1.29 is 33.9 Å². The van der Waals surface area contributed by atoms with Crippen molar-refractivity contribution in [1.29, 1.82) is 0 Å². The van der Waals surface area contributed by atoms with Crippen LogP contribution >= 0.6 is 0 Å². The van der Waals surface area contributed by atoms with E-state index in [9.17, 15) is 29.4 Å². The van der Waals surface area contributed by atoms with Crippen molar-refractivity contribution in [3.05, 3.63) is 363 Å². The lowest BCUT2D eigenvalue weighted by Crippen LogP contribution is -2.22. The van der Waals surface area contributed by atoms with Crippen LogP contribution in [0.2, 0.25) is 0 Å². The summed E-state index contributed by atoms with van der Waals surface area (Å²) in [4.78, 5) is 88.5. The highest BCUT2D eigenvalue weighted by atomic mass is 16.7. The molecule has 0 spiro atoms. The molecule has 0 saturated carbocycles. The molecule has 0 aliphatic carbocycles. The molecule has 0 atom stereocenters. The first-order chi connectivity index (χ1) is 59.5. The van der Waals surface area contributed by atoms with Gasteiger partial charge in [0.2, 0.25) is 6.79 Å². The molecule has 8 aromatic carbocycles. The fraction of sp³-hybridized carbons (Fsp3) is 0.0707. The van der Waals surface area contributed by atoms with Crippen LogP contribution in [-0.4, -0.2) is 96.5 Å². The summed E-state index contributed by atoms with van der Waals surface area (Å²) < 4.78 is 33.1. The van der Waals surface area contributed by atoms with Gasteiger partial charge in [-0.2, -0.15) is 0 Å². The number of terminal acetylenes is 4. The minimum Gasteiger partial charge on any atom is -0.507 e. The van der Waals surface area contributed by atoms with E-state index in [4.69, 9.17) is 49.4 Å². The van der Waals surface area contributed by atoms with E-state index in [1.165, 1.54) is 9.13 Å². The van der Waals surface area contributed by atoms with E-state index in [2.05, 4.69) is 63.6 Å². The first-order valence-corrected chi connectivity index (χ1v) is 37.7. The number of aromatic nitrogens is 12. The van der Waals surface area contributed by atoms with Gasteiger partial charge in [0, 0.05) is 58.7 Å². The van der Waals surface area contributed by atoms with Crippen LogP contribution in [0.25, 0.3) is 115 Å². The number of benzene rings is 8. The molecule has 23 nitrogen and oxygen atoms in total. The highest BCUT2D eigenvalue weighted by molar-refractivity contribution is 5.82. The Bertz CT molecular complexity index is 7240. The molecule has 122 heavy (non-hydrogen) atoms. The summed E-state index contributed by atoms with van der Waals surface area (Å²) in [6, 6.07) is 62.6. The Morgan fingerprint density at radius 3 is 1.07 bits per heavy atom. The van der Waals surface area contributed by atoms with Crippen molar-refractivity contribution in [2.24, 2.45) is 0 Å². The smallest absolute Gasteiger partial charge is 0.267 e. The molecule has 1 aliphatic rings. The number of phenolic OH excluding ortho intramolecular Hbond substituents is 1. The van der Waals surface area contributed by atoms with Gasteiger partial charge >= 0.3 is 0 Å². The normalized spacial score (nSPS) is 11.3. The third kappa shape index (κ3) is 18.0. The Hall–Kier alpha value is -17.1. The van der Waals surface area contributed by atoms with Gasteiger partial charge in [-0.15, -0.1) is 25.7 Å². The molecule has 8 aromatic heterocycles. The molecule has 0 fully saturated rings. The molecule has 0 saturated heterocycles. The van der Waals surface area contributed by atoms with Crippen molar-refractivity contribution in [3.8, 4) is 107 Å². The van der Waals surface area contributed by atoms with E-state index in [0.29, 0.717) is 124 Å². The van der Waals surface area contributed by atoms with Gasteiger partial charge in [0.25, 0.3) is 22.2 Å². The highest BCUT2D eigenvalue weighted by Crippen LogP contribution is 2.37. The maximum Gasteiger partial charge on any atom is 0.267 e. The van der Waals surface area contributed by atoms with Crippen molar-refractivity contribution in [2.45, 2.75) is 20.5 Å². The average Bonchev–Trinajstić information content (AvgIpc) is 1.15. The molecular formula is C99H72N12O11. The molecule has 0 radical (unpaired) electrons. The van der Waals surface area contributed by atoms with E-state index in [1.807, 2.05) is 80.6 Å². The van der Waals surface area contributed by atoms with Crippen LogP contribution in [0.3, 0.4) is 0 Å². The van der Waals surface area contributed by atoms with Crippen LogP contribution in [0.1, 0.15) is 84.5 Å². The SMILES string of the molecule is C#Cc1ccc(-n2c(/C=C/c3cc(C)c(O)c(C)c3)nc3ncccc3c2=O)cc1.C#Cc1ccc(-n2c(/C=C/c3cc(OC)cc(OC)c3)nc3ncccc3c2=O)cc1.C#Cc1ccc(-n2c(/C=C/c3cc(OC)ccc3CO)nc3ncccc3c2=O)cc1.C#Cc1ccc(-n2c(/C=C/c3cccc4c3OCO4)nc3ncccc3c2=O)cc1. The van der Waals surface area contributed by atoms with E-state index in [-0.39, 0.29) is 41.4 Å². The number of hydrogen-bond acceptors (Lipinski definition) is 19. The zero-order chi connectivity index (χ0) is 85.3. The van der Waals surface area contributed by atoms with Gasteiger partial charge in [-0.1, -0.05) is 60.1 Å². The number of nitrogens with zero attached hydrogens (tertiary/aromatic N) is 12. The number of aliphatic hydroxyl groups excluding tert-OH is 1. The molecule has 9 heterocycles. The van der Waals surface area contributed by atoms with Gasteiger partial charge in [-0.05, 0) is 266 Å². The predicted molar refractivity (Wildman–Crippen MR) is 477 cm³/mol. The summed E-state index contributed by atoms with van der Waals surface area (Å²) in [6.07, 6.45) is 42.6. The van der Waals surface area contributed by atoms with Gasteiger partial charge < -0.3 is 33.9 Å². The number of aromatic hydroxyl groups is 1. The molecule has 17 rings (SSSR count). The lowest BCUT2D eigenvalue weighted by Gasteiger charge is -2.11. The molecule has 0 bridgehead atoms. The second-order valence-electron chi connectivity index (χ2n) is 27.0. The Morgan fingerprint density at radius 2 is 0.730 bits per heavy atom. The summed E-state index contributed by atoms with van der Waals surface area (Å²) >= 11 is 0. The first-order valence-electron chi connectivity index (χ1n) is 37.7. The summed E-state index contributed by atoms with van der Waals surface area (Å²) in [6.45, 7) is 3.75. The average molecular weight is 1610 g/mol. The highest BCUT2D eigenvalue weighted by Gasteiger charge is 2.20. The number of para-hydroxylation sites is 1. The van der Waals surface area contributed by atoms with Crippen LogP contribution in [0, 0.1) is 63.2 Å². The molecule has 0 unspecified atom stereocenters. The molecule has 1 aliphatic heterocycles. The number of ether oxygens (including phenoxy) is 5. The fourth-order valence-electron chi connectivity index (χ4n) is 13.2. The zero-order valence-electron chi connectivity index (χ0n) is 66.3. The van der Waals surface area contributed by atoms with Crippen LogP contribution in [0.4, 0.5) is 0 Å². The van der Waals surface area contributed by atoms with Gasteiger partial charge in [0.1, 0.15) is 46.3 Å². The van der Waals surface area contributed by atoms with Crippen molar-refractivity contribution >= 4 is 92.7 Å². The lowest BCUT2D eigenvalue weighted by atomic mass is 10.1. The molecule has 16 aromatic rings. The van der Waals surface area contributed by atoms with Crippen LogP contribution in [0.5, 0.6) is 34.5 Å². The molecule has 2 N–H and O–H groups in total. The summed E-state index contributed by atoms with van der Waals surface area (Å²) in [5, 5.41) is 21.4. The van der Waals surface area contributed by atoms with E-state index in [0.717, 1.165) is 55.6 Å². The number of aryl methyl sites for hydroxylation is 2. The second-order valence-corrected chi connectivity index (χ2v) is 27.0. The predicted octanol–water partition coefficient (Wildman–Crippen LogP) is 15.3. The van der Waals surface area contributed by atoms with Crippen LogP contribution in [0.15, 0.2) is 256 Å². The first kappa shape index (κ1) is 81.4. The maximum absolute atomic E-state index is 13.3. The number of methoxy groups -OCH3 is 3.